The summed E-state index contributed by atoms with van der Waals surface area (Å²) in [5, 5.41) is 3.08. The SMILES string of the molecule is Cc1nc(NCc2cccnc2)c(Cl)c(=O)[nH]1. The number of anilines is 1. The first-order valence-corrected chi connectivity index (χ1v) is 5.44. The van der Waals surface area contributed by atoms with Crippen LogP contribution in [0.3, 0.4) is 0 Å². The maximum absolute atomic E-state index is 11.4. The second-order valence-electron chi connectivity index (χ2n) is 3.53. The molecule has 0 saturated heterocycles. The van der Waals surface area contributed by atoms with Gasteiger partial charge in [-0.15, -0.1) is 0 Å². The van der Waals surface area contributed by atoms with Gasteiger partial charge < -0.3 is 10.3 Å². The lowest BCUT2D eigenvalue weighted by Gasteiger charge is -2.07. The van der Waals surface area contributed by atoms with Crippen LogP contribution < -0.4 is 10.9 Å². The van der Waals surface area contributed by atoms with E-state index in [1.165, 1.54) is 0 Å². The summed E-state index contributed by atoms with van der Waals surface area (Å²) in [6.45, 7) is 2.22. The fraction of sp³-hybridized carbons (Fsp3) is 0.182. The minimum absolute atomic E-state index is 0.0690. The third-order valence-electron chi connectivity index (χ3n) is 2.16. The van der Waals surface area contributed by atoms with Crippen molar-refractivity contribution in [1.29, 1.82) is 0 Å². The molecule has 0 amide bonds. The van der Waals surface area contributed by atoms with Crippen LogP contribution in [0.25, 0.3) is 0 Å². The number of H-pyrrole nitrogens is 1. The Morgan fingerprint density at radius 2 is 2.35 bits per heavy atom. The lowest BCUT2D eigenvalue weighted by atomic mass is 10.3. The van der Waals surface area contributed by atoms with Gasteiger partial charge in [0, 0.05) is 18.9 Å². The predicted molar refractivity (Wildman–Crippen MR) is 66.2 cm³/mol. The second kappa shape index (κ2) is 4.97. The minimum atomic E-state index is -0.340. The van der Waals surface area contributed by atoms with Gasteiger partial charge in [-0.2, -0.15) is 0 Å². The lowest BCUT2D eigenvalue weighted by Crippen LogP contribution is -2.14. The lowest BCUT2D eigenvalue weighted by molar-refractivity contribution is 0.994. The van der Waals surface area contributed by atoms with Gasteiger partial charge in [-0.05, 0) is 18.6 Å². The van der Waals surface area contributed by atoms with Gasteiger partial charge in [-0.25, -0.2) is 4.98 Å². The van der Waals surface area contributed by atoms with E-state index in [2.05, 4.69) is 20.3 Å². The second-order valence-corrected chi connectivity index (χ2v) is 3.91. The quantitative estimate of drug-likeness (QED) is 0.871. The van der Waals surface area contributed by atoms with Crippen molar-refractivity contribution in [2.75, 3.05) is 5.32 Å². The monoisotopic (exact) mass is 250 g/mol. The molecule has 17 heavy (non-hydrogen) atoms. The molecule has 0 aliphatic rings. The summed E-state index contributed by atoms with van der Waals surface area (Å²) in [7, 11) is 0. The number of pyridine rings is 1. The molecule has 2 heterocycles. The Bertz CT molecular complexity index is 567. The van der Waals surface area contributed by atoms with Gasteiger partial charge in [0.15, 0.2) is 5.82 Å². The molecule has 0 aliphatic heterocycles. The predicted octanol–water partition coefficient (Wildman–Crippen LogP) is 1.74. The van der Waals surface area contributed by atoms with E-state index in [1.54, 1.807) is 19.3 Å². The number of rotatable bonds is 3. The Labute approximate surface area is 103 Å². The van der Waals surface area contributed by atoms with Crippen LogP contribution in [0.15, 0.2) is 29.3 Å². The molecule has 0 radical (unpaired) electrons. The van der Waals surface area contributed by atoms with Gasteiger partial charge in [-0.3, -0.25) is 9.78 Å². The molecule has 0 fully saturated rings. The van der Waals surface area contributed by atoms with E-state index in [0.29, 0.717) is 18.2 Å². The molecule has 0 aromatic carbocycles. The number of nitrogens with one attached hydrogen (secondary N) is 2. The number of aromatic nitrogens is 3. The summed E-state index contributed by atoms with van der Waals surface area (Å²) in [6, 6.07) is 3.77. The average molecular weight is 251 g/mol. The van der Waals surface area contributed by atoms with Crippen LogP contribution in [-0.4, -0.2) is 15.0 Å². The fourth-order valence-corrected chi connectivity index (χ4v) is 1.53. The third-order valence-corrected chi connectivity index (χ3v) is 2.51. The number of hydrogen-bond donors (Lipinski definition) is 2. The Morgan fingerprint density at radius 3 is 3.06 bits per heavy atom. The van der Waals surface area contributed by atoms with Crippen LogP contribution in [0, 0.1) is 6.92 Å². The van der Waals surface area contributed by atoms with Crippen molar-refractivity contribution >= 4 is 17.4 Å². The molecule has 0 saturated carbocycles. The van der Waals surface area contributed by atoms with Crippen molar-refractivity contribution in [1.82, 2.24) is 15.0 Å². The maximum Gasteiger partial charge on any atom is 0.271 e. The molecule has 0 atom stereocenters. The van der Waals surface area contributed by atoms with E-state index in [-0.39, 0.29) is 10.6 Å². The number of halogens is 1. The summed E-state index contributed by atoms with van der Waals surface area (Å²) in [5.41, 5.74) is 0.649. The van der Waals surface area contributed by atoms with Gasteiger partial charge in [0.2, 0.25) is 0 Å². The van der Waals surface area contributed by atoms with E-state index in [1.807, 2.05) is 12.1 Å². The van der Waals surface area contributed by atoms with E-state index < -0.39 is 0 Å². The largest absolute Gasteiger partial charge is 0.364 e. The zero-order valence-electron chi connectivity index (χ0n) is 9.20. The molecule has 2 rings (SSSR count). The van der Waals surface area contributed by atoms with Crippen LogP contribution >= 0.6 is 11.6 Å². The Kier molecular flexibility index (Phi) is 3.39. The van der Waals surface area contributed by atoms with Crippen molar-refractivity contribution in [3.8, 4) is 0 Å². The van der Waals surface area contributed by atoms with Crippen LogP contribution in [0.5, 0.6) is 0 Å². The van der Waals surface area contributed by atoms with Crippen molar-refractivity contribution < 1.29 is 0 Å². The highest BCUT2D eigenvalue weighted by atomic mass is 35.5. The molecular weight excluding hydrogens is 240 g/mol. The minimum Gasteiger partial charge on any atom is -0.364 e. The topological polar surface area (TPSA) is 70.7 Å². The zero-order valence-corrected chi connectivity index (χ0v) is 9.95. The van der Waals surface area contributed by atoms with Crippen molar-refractivity contribution in [2.24, 2.45) is 0 Å². The summed E-state index contributed by atoms with van der Waals surface area (Å²) in [4.78, 5) is 22.0. The van der Waals surface area contributed by atoms with Crippen LogP contribution in [0.1, 0.15) is 11.4 Å². The first kappa shape index (κ1) is 11.6. The van der Waals surface area contributed by atoms with E-state index in [4.69, 9.17) is 11.6 Å². The Hall–Kier alpha value is -1.88. The van der Waals surface area contributed by atoms with Gasteiger partial charge >= 0.3 is 0 Å². The number of aryl methyl sites for hydroxylation is 1. The average Bonchev–Trinajstić information content (AvgIpc) is 2.33. The molecule has 2 aromatic rings. The number of aromatic amines is 1. The number of nitrogens with zero attached hydrogens (tertiary/aromatic N) is 2. The molecule has 2 N–H and O–H groups in total. The Balaban J connectivity index is 2.17. The van der Waals surface area contributed by atoms with Crippen molar-refractivity contribution in [3.63, 3.8) is 0 Å². The highest BCUT2D eigenvalue weighted by Crippen LogP contribution is 2.14. The molecule has 0 bridgehead atoms. The normalized spacial score (nSPS) is 10.2. The van der Waals surface area contributed by atoms with Crippen molar-refractivity contribution in [2.45, 2.75) is 13.5 Å². The van der Waals surface area contributed by atoms with E-state index >= 15 is 0 Å². The first-order chi connectivity index (χ1) is 8.16. The molecular formula is C11H11ClN4O. The third kappa shape index (κ3) is 2.82. The summed E-state index contributed by atoms with van der Waals surface area (Å²) in [6.07, 6.45) is 3.44. The molecule has 88 valence electrons. The van der Waals surface area contributed by atoms with Crippen LogP contribution in [0.4, 0.5) is 5.82 Å². The highest BCUT2D eigenvalue weighted by Gasteiger charge is 2.06. The molecule has 5 nitrogen and oxygen atoms in total. The van der Waals surface area contributed by atoms with Gasteiger partial charge in [0.05, 0.1) is 0 Å². The smallest absolute Gasteiger partial charge is 0.271 e. The number of hydrogen-bond acceptors (Lipinski definition) is 4. The van der Waals surface area contributed by atoms with Gasteiger partial charge in [0.1, 0.15) is 10.8 Å². The summed E-state index contributed by atoms with van der Waals surface area (Å²) in [5.74, 6) is 0.907. The molecule has 0 aliphatic carbocycles. The van der Waals surface area contributed by atoms with E-state index in [9.17, 15) is 4.79 Å². The molecule has 2 aromatic heterocycles. The standard InChI is InChI=1S/C11H11ClN4O/c1-7-15-10(9(12)11(17)16-7)14-6-8-3-2-4-13-5-8/h2-5H,6H2,1H3,(H2,14,15,16,17). The highest BCUT2D eigenvalue weighted by molar-refractivity contribution is 6.32. The maximum atomic E-state index is 11.4. The van der Waals surface area contributed by atoms with Gasteiger partial charge in [0.25, 0.3) is 5.56 Å². The summed E-state index contributed by atoms with van der Waals surface area (Å²) >= 11 is 5.85. The van der Waals surface area contributed by atoms with Gasteiger partial charge in [-0.1, -0.05) is 17.7 Å². The summed E-state index contributed by atoms with van der Waals surface area (Å²) < 4.78 is 0. The first-order valence-electron chi connectivity index (χ1n) is 5.06. The van der Waals surface area contributed by atoms with Crippen molar-refractivity contribution in [3.05, 3.63) is 51.3 Å². The molecule has 0 spiro atoms. The molecule has 6 heteroatoms. The van der Waals surface area contributed by atoms with Crippen LogP contribution in [-0.2, 0) is 6.54 Å². The van der Waals surface area contributed by atoms with E-state index in [0.717, 1.165) is 5.56 Å². The fourth-order valence-electron chi connectivity index (χ4n) is 1.38. The van der Waals surface area contributed by atoms with Crippen LogP contribution in [0.2, 0.25) is 5.02 Å². The zero-order chi connectivity index (χ0) is 12.3. The Morgan fingerprint density at radius 1 is 1.53 bits per heavy atom. The molecule has 0 unspecified atom stereocenters.